The number of nitrogens with zero attached hydrogens (tertiary/aromatic N) is 3. The SMILES string of the molecule is Cc1ccc2c(c1)B1c3ccccc3N(c3ccccc3)c3cc(C4CCCCC4)cc(c31)N2c1ccc(N2c3ccccc3[Si](C)(C)c3ccccc32)cc1. The molecular weight excluding hydrogens is 693 g/mol. The number of rotatable bonds is 4. The molecule has 3 aliphatic heterocycles. The van der Waals surface area contributed by atoms with Crippen molar-refractivity contribution in [3.05, 3.63) is 169 Å². The lowest BCUT2D eigenvalue weighted by atomic mass is 9.33. The maximum atomic E-state index is 2.59. The molecule has 1 saturated carbocycles. The zero-order valence-electron chi connectivity index (χ0n) is 32.5. The van der Waals surface area contributed by atoms with Crippen LogP contribution in [0, 0.1) is 6.92 Å². The Balaban J connectivity index is 1.13. The zero-order chi connectivity index (χ0) is 37.5. The van der Waals surface area contributed by atoms with Crippen LogP contribution >= 0.6 is 0 Å². The highest BCUT2D eigenvalue weighted by atomic mass is 28.3. The molecule has 1 aliphatic carbocycles. The Kier molecular flexibility index (Phi) is 7.72. The van der Waals surface area contributed by atoms with Gasteiger partial charge >= 0.3 is 0 Å². The molecule has 0 radical (unpaired) electrons. The molecule has 7 aromatic rings. The third-order valence-corrected chi connectivity index (χ3v) is 16.8. The van der Waals surface area contributed by atoms with Crippen LogP contribution < -0.4 is 41.5 Å². The van der Waals surface area contributed by atoms with Gasteiger partial charge in [-0.3, -0.25) is 0 Å². The van der Waals surface area contributed by atoms with E-state index >= 15 is 0 Å². The second-order valence-corrected chi connectivity index (χ2v) is 21.2. The van der Waals surface area contributed by atoms with Crippen molar-refractivity contribution in [1.29, 1.82) is 0 Å². The highest BCUT2D eigenvalue weighted by Gasteiger charge is 2.44. The van der Waals surface area contributed by atoms with E-state index in [0.717, 1.165) is 0 Å². The average Bonchev–Trinajstić information content (AvgIpc) is 3.24. The predicted molar refractivity (Wildman–Crippen MR) is 242 cm³/mol. The van der Waals surface area contributed by atoms with Gasteiger partial charge in [0.2, 0.25) is 0 Å². The summed E-state index contributed by atoms with van der Waals surface area (Å²) < 4.78 is 0. The fourth-order valence-corrected chi connectivity index (χ4v) is 13.6. The summed E-state index contributed by atoms with van der Waals surface area (Å²) in [6.45, 7) is 7.36. The lowest BCUT2D eigenvalue weighted by molar-refractivity contribution is 0.444. The van der Waals surface area contributed by atoms with Gasteiger partial charge in [0, 0.05) is 51.2 Å². The molecule has 56 heavy (non-hydrogen) atoms. The second kappa shape index (κ2) is 12.9. The highest BCUT2D eigenvalue weighted by Crippen LogP contribution is 2.47. The number of aryl methyl sites for hydroxylation is 1. The fraction of sp³-hybridized carbons (Fsp3) is 0.176. The van der Waals surface area contributed by atoms with Crippen molar-refractivity contribution in [2.45, 2.75) is 58.0 Å². The number of hydrogen-bond acceptors (Lipinski definition) is 3. The number of hydrogen-bond donors (Lipinski definition) is 0. The van der Waals surface area contributed by atoms with Crippen LogP contribution in [0.3, 0.4) is 0 Å². The Labute approximate surface area is 333 Å². The summed E-state index contributed by atoms with van der Waals surface area (Å²) in [6, 6.07) is 60.1. The maximum Gasteiger partial charge on any atom is 0.252 e. The molecule has 272 valence electrons. The van der Waals surface area contributed by atoms with E-state index in [1.54, 1.807) is 0 Å². The van der Waals surface area contributed by atoms with Crippen molar-refractivity contribution >= 4 is 92.7 Å². The van der Waals surface area contributed by atoms with E-state index in [9.17, 15) is 0 Å². The summed E-state index contributed by atoms with van der Waals surface area (Å²) in [4.78, 5) is 7.64. The van der Waals surface area contributed by atoms with Gasteiger partial charge in [0.15, 0.2) is 0 Å². The van der Waals surface area contributed by atoms with E-state index in [2.05, 4.69) is 192 Å². The Morgan fingerprint density at radius 2 is 0.964 bits per heavy atom. The molecule has 4 aliphatic rings. The van der Waals surface area contributed by atoms with Crippen molar-refractivity contribution in [2.24, 2.45) is 0 Å². The second-order valence-electron chi connectivity index (χ2n) is 16.9. The van der Waals surface area contributed by atoms with Crippen LogP contribution in [0.2, 0.25) is 13.1 Å². The molecule has 7 aromatic carbocycles. The molecule has 0 atom stereocenters. The van der Waals surface area contributed by atoms with Gasteiger partial charge in [-0.1, -0.05) is 123 Å². The smallest absolute Gasteiger partial charge is 0.252 e. The van der Waals surface area contributed by atoms with E-state index in [-0.39, 0.29) is 6.71 Å². The number of anilines is 9. The van der Waals surface area contributed by atoms with E-state index in [1.807, 2.05) is 0 Å². The molecule has 0 saturated heterocycles. The van der Waals surface area contributed by atoms with Crippen molar-refractivity contribution < 1.29 is 0 Å². The van der Waals surface area contributed by atoms with Crippen LogP contribution in [0.15, 0.2) is 158 Å². The van der Waals surface area contributed by atoms with Gasteiger partial charge in [-0.05, 0) is 131 Å². The molecule has 0 bridgehead atoms. The van der Waals surface area contributed by atoms with E-state index < -0.39 is 8.07 Å². The minimum absolute atomic E-state index is 0.135. The standard InChI is InChI=1S/C51H46BN3Si/c1-35-26-31-44-42(32-35)52-41-20-10-11-21-43(41)53(38-18-8-5-9-19-38)47-33-37(36-16-6-4-7-17-36)34-48(51(47)52)54(44)39-27-29-40(30-28-39)55-45-22-12-14-24-49(45)56(2,3)50-25-15-13-23-46(50)55/h5,8-15,18-34,36H,4,6-7,16-17H2,1-3H3. The maximum absolute atomic E-state index is 2.59. The van der Waals surface area contributed by atoms with Gasteiger partial charge in [0.25, 0.3) is 6.71 Å². The van der Waals surface area contributed by atoms with Gasteiger partial charge in [-0.2, -0.15) is 0 Å². The first-order valence-corrected chi connectivity index (χ1v) is 23.6. The number of fused-ring (bicyclic) bond motifs is 6. The predicted octanol–water partition coefficient (Wildman–Crippen LogP) is 10.7. The first-order valence-electron chi connectivity index (χ1n) is 20.6. The molecule has 0 aromatic heterocycles. The van der Waals surface area contributed by atoms with Gasteiger partial charge in [0.1, 0.15) is 8.07 Å². The Hall–Kier alpha value is -5.78. The highest BCUT2D eigenvalue weighted by molar-refractivity contribution is 7.03. The van der Waals surface area contributed by atoms with Crippen LogP contribution in [0.25, 0.3) is 0 Å². The fourth-order valence-electron chi connectivity index (χ4n) is 10.6. The molecular formula is C51H46BN3Si. The molecule has 3 heterocycles. The number of benzene rings is 7. The van der Waals surface area contributed by atoms with E-state index in [0.29, 0.717) is 5.92 Å². The molecule has 3 nitrogen and oxygen atoms in total. The van der Waals surface area contributed by atoms with E-state index in [4.69, 9.17) is 0 Å². The van der Waals surface area contributed by atoms with Gasteiger partial charge in [-0.25, -0.2) is 0 Å². The first-order chi connectivity index (χ1) is 27.5. The zero-order valence-corrected chi connectivity index (χ0v) is 33.5. The molecule has 5 heteroatoms. The van der Waals surface area contributed by atoms with Gasteiger partial charge in [-0.15, -0.1) is 0 Å². The topological polar surface area (TPSA) is 9.72 Å². The normalized spacial score (nSPS) is 16.4. The Morgan fingerprint density at radius 3 is 1.59 bits per heavy atom. The largest absolute Gasteiger partial charge is 0.311 e. The third kappa shape index (κ3) is 5.03. The Bertz CT molecular complexity index is 2600. The lowest BCUT2D eigenvalue weighted by Crippen LogP contribution is -2.61. The number of para-hydroxylation sites is 4. The summed E-state index contributed by atoms with van der Waals surface area (Å²) in [6.07, 6.45) is 6.47. The van der Waals surface area contributed by atoms with Crippen LogP contribution in [0.1, 0.15) is 49.1 Å². The van der Waals surface area contributed by atoms with Crippen LogP contribution in [0.5, 0.6) is 0 Å². The quantitative estimate of drug-likeness (QED) is 0.166. The van der Waals surface area contributed by atoms with Crippen molar-refractivity contribution in [3.63, 3.8) is 0 Å². The molecule has 1 fully saturated rings. The summed E-state index contributed by atoms with van der Waals surface area (Å²) in [5, 5.41) is 2.98. The minimum atomic E-state index is -1.87. The Morgan fingerprint density at radius 1 is 0.464 bits per heavy atom. The van der Waals surface area contributed by atoms with Crippen LogP contribution in [0.4, 0.5) is 51.2 Å². The van der Waals surface area contributed by atoms with Crippen LogP contribution in [-0.2, 0) is 0 Å². The van der Waals surface area contributed by atoms with Crippen LogP contribution in [-0.4, -0.2) is 14.8 Å². The average molecular weight is 740 g/mol. The van der Waals surface area contributed by atoms with Gasteiger partial charge in [0.05, 0.1) is 0 Å². The summed E-state index contributed by atoms with van der Waals surface area (Å²) in [5.74, 6) is 0.564. The van der Waals surface area contributed by atoms with Crippen molar-refractivity contribution in [2.75, 3.05) is 14.7 Å². The molecule has 0 amide bonds. The van der Waals surface area contributed by atoms with E-state index in [1.165, 1.54) is 121 Å². The molecule has 0 spiro atoms. The summed E-state index contributed by atoms with van der Waals surface area (Å²) in [7, 11) is -1.87. The summed E-state index contributed by atoms with van der Waals surface area (Å²) in [5.41, 5.74) is 18.3. The summed E-state index contributed by atoms with van der Waals surface area (Å²) >= 11 is 0. The lowest BCUT2D eigenvalue weighted by Gasteiger charge is -2.45. The van der Waals surface area contributed by atoms with Gasteiger partial charge < -0.3 is 14.7 Å². The third-order valence-electron chi connectivity index (χ3n) is 13.2. The molecule has 0 N–H and O–H groups in total. The molecule has 11 rings (SSSR count). The molecule has 0 unspecified atom stereocenters. The van der Waals surface area contributed by atoms with Crippen molar-refractivity contribution in [3.8, 4) is 0 Å². The minimum Gasteiger partial charge on any atom is -0.311 e. The first kappa shape index (κ1) is 33.6. The van der Waals surface area contributed by atoms with Crippen molar-refractivity contribution in [1.82, 2.24) is 0 Å². The monoisotopic (exact) mass is 739 g/mol.